The molecule has 0 fully saturated rings. The summed E-state index contributed by atoms with van der Waals surface area (Å²) in [4.78, 5) is 6.80. The van der Waals surface area contributed by atoms with E-state index in [-0.39, 0.29) is 24.0 Å². The smallest absolute Gasteiger partial charge is 0.191 e. The lowest BCUT2D eigenvalue weighted by Gasteiger charge is -2.14. The molecule has 1 aromatic rings. The number of rotatable bonds is 10. The molecule has 2 N–H and O–H groups in total. The first-order chi connectivity index (χ1) is 11.5. The molecule has 0 unspecified atom stereocenters. The second-order valence-electron chi connectivity index (χ2n) is 6.56. The van der Waals surface area contributed by atoms with Crippen molar-refractivity contribution in [2.75, 3.05) is 40.3 Å². The molecular formula is C19H35IN4O. The van der Waals surface area contributed by atoms with Gasteiger partial charge in [0.05, 0.1) is 6.54 Å². The Labute approximate surface area is 170 Å². The van der Waals surface area contributed by atoms with Gasteiger partial charge in [-0.2, -0.15) is 0 Å². The lowest BCUT2D eigenvalue weighted by Crippen LogP contribution is -2.38. The number of hydrogen-bond acceptors (Lipinski definition) is 3. The Morgan fingerprint density at radius 1 is 1.20 bits per heavy atom. The van der Waals surface area contributed by atoms with E-state index in [9.17, 15) is 0 Å². The Balaban J connectivity index is 0.00000576. The lowest BCUT2D eigenvalue weighted by molar-refractivity contribution is 0.259. The summed E-state index contributed by atoms with van der Waals surface area (Å²) in [5.74, 6) is 2.47. The average Bonchev–Trinajstić information content (AvgIpc) is 2.53. The van der Waals surface area contributed by atoms with Crippen molar-refractivity contribution in [3.8, 4) is 5.75 Å². The zero-order valence-corrected chi connectivity index (χ0v) is 18.7. The molecule has 0 spiro atoms. The van der Waals surface area contributed by atoms with Crippen molar-refractivity contribution in [1.82, 2.24) is 15.5 Å². The van der Waals surface area contributed by atoms with Crippen LogP contribution in [0, 0.1) is 5.92 Å². The molecule has 144 valence electrons. The van der Waals surface area contributed by atoms with E-state index in [0.717, 1.165) is 43.3 Å². The summed E-state index contributed by atoms with van der Waals surface area (Å²) in [5, 5.41) is 6.69. The van der Waals surface area contributed by atoms with Gasteiger partial charge in [-0.25, -0.2) is 4.99 Å². The number of para-hydroxylation sites is 1. The minimum atomic E-state index is 0. The van der Waals surface area contributed by atoms with E-state index in [1.165, 1.54) is 0 Å². The molecule has 0 aliphatic carbocycles. The van der Waals surface area contributed by atoms with Gasteiger partial charge in [-0.05, 0) is 39.4 Å². The van der Waals surface area contributed by atoms with Crippen molar-refractivity contribution in [1.29, 1.82) is 0 Å². The monoisotopic (exact) mass is 462 g/mol. The van der Waals surface area contributed by atoms with Gasteiger partial charge < -0.3 is 20.3 Å². The van der Waals surface area contributed by atoms with Gasteiger partial charge in [0, 0.05) is 25.2 Å². The Kier molecular flexibility index (Phi) is 13.6. The summed E-state index contributed by atoms with van der Waals surface area (Å²) in [6, 6.07) is 8.12. The number of nitrogens with one attached hydrogen (secondary N) is 2. The molecule has 0 heterocycles. The Morgan fingerprint density at radius 3 is 2.56 bits per heavy atom. The van der Waals surface area contributed by atoms with E-state index < -0.39 is 0 Å². The van der Waals surface area contributed by atoms with Crippen LogP contribution in [0.5, 0.6) is 5.75 Å². The van der Waals surface area contributed by atoms with Crippen LogP contribution >= 0.6 is 24.0 Å². The maximum absolute atomic E-state index is 5.90. The molecule has 0 saturated heterocycles. The Morgan fingerprint density at radius 2 is 1.92 bits per heavy atom. The van der Waals surface area contributed by atoms with Crippen LogP contribution in [0.15, 0.2) is 29.3 Å². The molecule has 0 bridgehead atoms. The number of guanidine groups is 1. The minimum absolute atomic E-state index is 0. The SMILES string of the molecule is CCNC(=NCc1ccccc1OCCN(C)C)NCCC(C)C.I. The topological polar surface area (TPSA) is 48.9 Å². The highest BCUT2D eigenvalue weighted by Gasteiger charge is 2.04. The average molecular weight is 462 g/mol. The first-order valence-corrected chi connectivity index (χ1v) is 8.90. The normalized spacial score (nSPS) is 11.4. The highest BCUT2D eigenvalue weighted by atomic mass is 127. The quantitative estimate of drug-likeness (QED) is 0.318. The number of benzene rings is 1. The van der Waals surface area contributed by atoms with Crippen LogP contribution in [0.2, 0.25) is 0 Å². The summed E-state index contributed by atoms with van der Waals surface area (Å²) in [5.41, 5.74) is 1.11. The molecule has 0 radical (unpaired) electrons. The van der Waals surface area contributed by atoms with E-state index in [0.29, 0.717) is 19.1 Å². The summed E-state index contributed by atoms with van der Waals surface area (Å²) in [6.45, 7) is 10.5. The molecule has 0 atom stereocenters. The van der Waals surface area contributed by atoms with Gasteiger partial charge in [0.25, 0.3) is 0 Å². The Bertz CT molecular complexity index is 492. The van der Waals surface area contributed by atoms with Gasteiger partial charge in [0.2, 0.25) is 0 Å². The molecule has 1 aromatic carbocycles. The van der Waals surface area contributed by atoms with Crippen LogP contribution in [0.3, 0.4) is 0 Å². The number of ether oxygens (including phenoxy) is 1. The van der Waals surface area contributed by atoms with Crippen LogP contribution in [0.25, 0.3) is 0 Å². The number of halogens is 1. The zero-order chi connectivity index (χ0) is 17.8. The molecule has 0 aromatic heterocycles. The largest absolute Gasteiger partial charge is 0.492 e. The third-order valence-electron chi connectivity index (χ3n) is 3.53. The summed E-state index contributed by atoms with van der Waals surface area (Å²) >= 11 is 0. The number of hydrogen-bond donors (Lipinski definition) is 2. The molecule has 5 nitrogen and oxygen atoms in total. The third kappa shape index (κ3) is 11.3. The van der Waals surface area contributed by atoms with E-state index >= 15 is 0 Å². The van der Waals surface area contributed by atoms with Gasteiger partial charge in [-0.15, -0.1) is 24.0 Å². The molecule has 25 heavy (non-hydrogen) atoms. The molecule has 6 heteroatoms. The number of likely N-dealkylation sites (N-methyl/N-ethyl adjacent to an activating group) is 1. The van der Waals surface area contributed by atoms with Crippen molar-refractivity contribution in [3.05, 3.63) is 29.8 Å². The fourth-order valence-electron chi connectivity index (χ4n) is 2.10. The molecule has 1 rings (SSSR count). The maximum Gasteiger partial charge on any atom is 0.191 e. The van der Waals surface area contributed by atoms with Gasteiger partial charge >= 0.3 is 0 Å². The second-order valence-corrected chi connectivity index (χ2v) is 6.56. The maximum atomic E-state index is 5.90. The second kappa shape index (κ2) is 14.2. The van der Waals surface area contributed by atoms with Crippen molar-refractivity contribution < 1.29 is 4.74 Å². The van der Waals surface area contributed by atoms with Crippen molar-refractivity contribution >= 4 is 29.9 Å². The van der Waals surface area contributed by atoms with Gasteiger partial charge in [-0.1, -0.05) is 32.0 Å². The first kappa shape index (κ1) is 24.0. The van der Waals surface area contributed by atoms with Crippen LogP contribution in [0.1, 0.15) is 32.8 Å². The van der Waals surface area contributed by atoms with E-state index in [2.05, 4.69) is 47.4 Å². The van der Waals surface area contributed by atoms with Crippen molar-refractivity contribution in [2.45, 2.75) is 33.7 Å². The number of nitrogens with zero attached hydrogens (tertiary/aromatic N) is 2. The summed E-state index contributed by atoms with van der Waals surface area (Å²) in [6.07, 6.45) is 1.13. The van der Waals surface area contributed by atoms with Crippen LogP contribution < -0.4 is 15.4 Å². The van der Waals surface area contributed by atoms with Gasteiger partial charge in [0.15, 0.2) is 5.96 Å². The van der Waals surface area contributed by atoms with Crippen molar-refractivity contribution in [2.24, 2.45) is 10.9 Å². The zero-order valence-electron chi connectivity index (χ0n) is 16.3. The van der Waals surface area contributed by atoms with Gasteiger partial charge in [0.1, 0.15) is 12.4 Å². The van der Waals surface area contributed by atoms with Crippen molar-refractivity contribution in [3.63, 3.8) is 0 Å². The van der Waals surface area contributed by atoms with E-state index in [1.807, 2.05) is 32.3 Å². The molecular weight excluding hydrogens is 427 g/mol. The standard InChI is InChI=1S/C19H34N4O.HI/c1-6-20-19(21-12-11-16(2)3)22-15-17-9-7-8-10-18(17)24-14-13-23(4)5;/h7-10,16H,6,11-15H2,1-5H3,(H2,20,21,22);1H. The van der Waals surface area contributed by atoms with Gasteiger partial charge in [-0.3, -0.25) is 0 Å². The molecule has 0 saturated carbocycles. The predicted octanol–water partition coefficient (Wildman–Crippen LogP) is 3.35. The predicted molar refractivity (Wildman–Crippen MR) is 118 cm³/mol. The molecule has 0 amide bonds. The molecule has 0 aliphatic heterocycles. The van der Waals surface area contributed by atoms with E-state index in [1.54, 1.807) is 0 Å². The molecule has 0 aliphatic rings. The fraction of sp³-hybridized carbons (Fsp3) is 0.632. The summed E-state index contributed by atoms with van der Waals surface area (Å²) < 4.78 is 5.90. The highest BCUT2D eigenvalue weighted by Crippen LogP contribution is 2.18. The van der Waals surface area contributed by atoms with Crippen LogP contribution in [-0.2, 0) is 6.54 Å². The highest BCUT2D eigenvalue weighted by molar-refractivity contribution is 14.0. The Hall–Kier alpha value is -1.02. The lowest BCUT2D eigenvalue weighted by atomic mass is 10.1. The first-order valence-electron chi connectivity index (χ1n) is 8.90. The van der Waals surface area contributed by atoms with Crippen LogP contribution in [-0.4, -0.2) is 51.2 Å². The number of aliphatic imine (C=N–C) groups is 1. The van der Waals surface area contributed by atoms with E-state index in [4.69, 9.17) is 4.74 Å². The fourth-order valence-corrected chi connectivity index (χ4v) is 2.10. The summed E-state index contributed by atoms with van der Waals surface area (Å²) in [7, 11) is 4.09. The minimum Gasteiger partial charge on any atom is -0.492 e. The third-order valence-corrected chi connectivity index (χ3v) is 3.53. The van der Waals surface area contributed by atoms with Crippen LogP contribution in [0.4, 0.5) is 0 Å².